The molecule has 5 nitrogen and oxygen atoms in total. The number of ether oxygens (including phenoxy) is 1. The third-order valence-corrected chi connectivity index (χ3v) is 8.67. The van der Waals surface area contributed by atoms with Crippen LogP contribution in [0.3, 0.4) is 0 Å². The molecule has 2 aromatic heterocycles. The molecule has 2 aliphatic rings. The number of aromatic nitrogens is 3. The van der Waals surface area contributed by atoms with Crippen molar-refractivity contribution in [3.05, 3.63) is 98.3 Å². The zero-order chi connectivity index (χ0) is 26.0. The van der Waals surface area contributed by atoms with Crippen LogP contribution < -0.4 is 4.74 Å². The molecule has 0 aliphatic heterocycles. The molecule has 0 N–H and O–H groups in total. The summed E-state index contributed by atoms with van der Waals surface area (Å²) < 4.78 is 13.9. The Morgan fingerprint density at radius 2 is 1.79 bits per heavy atom. The maximum Gasteiger partial charge on any atom is 0.147 e. The van der Waals surface area contributed by atoms with E-state index in [-0.39, 0.29) is 0 Å². The molecule has 8 heteroatoms. The summed E-state index contributed by atoms with van der Waals surface area (Å²) in [6.07, 6.45) is 5.14. The Morgan fingerprint density at radius 1 is 0.974 bits per heavy atom. The van der Waals surface area contributed by atoms with Gasteiger partial charge in [0.25, 0.3) is 0 Å². The van der Waals surface area contributed by atoms with E-state index in [9.17, 15) is 0 Å². The highest BCUT2D eigenvalue weighted by molar-refractivity contribution is 6.39. The van der Waals surface area contributed by atoms with Crippen molar-refractivity contribution >= 4 is 45.7 Å². The van der Waals surface area contributed by atoms with Gasteiger partial charge in [-0.3, -0.25) is 4.68 Å². The lowest BCUT2D eigenvalue weighted by atomic mass is 10.0. The van der Waals surface area contributed by atoms with Crippen LogP contribution in [0.1, 0.15) is 59.5 Å². The summed E-state index contributed by atoms with van der Waals surface area (Å²) in [6.45, 7) is 0.290. The van der Waals surface area contributed by atoms with Gasteiger partial charge in [0.2, 0.25) is 0 Å². The molecule has 2 saturated carbocycles. The van der Waals surface area contributed by atoms with Crippen LogP contribution in [0.4, 0.5) is 0 Å². The van der Waals surface area contributed by atoms with Crippen molar-refractivity contribution in [3.8, 4) is 17.0 Å². The number of rotatable bonds is 7. The van der Waals surface area contributed by atoms with Crippen LogP contribution in [0.15, 0.2) is 65.3 Å². The molecule has 2 fully saturated rings. The molecule has 7 rings (SSSR count). The molecule has 3 aromatic carbocycles. The van der Waals surface area contributed by atoms with Crippen molar-refractivity contribution in [2.45, 2.75) is 43.6 Å². The molecule has 5 aromatic rings. The summed E-state index contributed by atoms with van der Waals surface area (Å²) >= 11 is 19.8. The van der Waals surface area contributed by atoms with Crippen molar-refractivity contribution in [1.29, 1.82) is 0 Å². The van der Waals surface area contributed by atoms with Gasteiger partial charge in [0.15, 0.2) is 0 Å². The van der Waals surface area contributed by atoms with E-state index in [1.807, 2.05) is 36.1 Å². The van der Waals surface area contributed by atoms with Crippen molar-refractivity contribution in [3.63, 3.8) is 0 Å². The molecule has 0 spiro atoms. The number of hydrogen-bond donors (Lipinski definition) is 0. The highest BCUT2D eigenvalue weighted by Crippen LogP contribution is 2.56. The number of aryl methyl sites for hydroxylation is 1. The molecular formula is C30H24Cl3N3O2. The van der Waals surface area contributed by atoms with E-state index in [0.29, 0.717) is 51.4 Å². The average Bonchev–Trinajstić information content (AvgIpc) is 3.83. The maximum atomic E-state index is 6.78. The molecule has 2 unspecified atom stereocenters. The van der Waals surface area contributed by atoms with Gasteiger partial charge in [-0.1, -0.05) is 64.2 Å². The van der Waals surface area contributed by atoms with E-state index in [4.69, 9.17) is 44.1 Å². The molecule has 2 heterocycles. The minimum atomic E-state index is 0.290. The summed E-state index contributed by atoms with van der Waals surface area (Å²) in [5.74, 6) is 2.77. The van der Waals surface area contributed by atoms with Crippen LogP contribution in [-0.2, 0) is 13.7 Å². The monoisotopic (exact) mass is 563 g/mol. The minimum absolute atomic E-state index is 0.290. The van der Waals surface area contributed by atoms with E-state index in [1.165, 1.54) is 5.56 Å². The summed E-state index contributed by atoms with van der Waals surface area (Å²) in [5, 5.41) is 11.6. The molecule has 0 bridgehead atoms. The second-order valence-corrected chi connectivity index (χ2v) is 11.5. The van der Waals surface area contributed by atoms with E-state index in [2.05, 4.69) is 34.5 Å². The van der Waals surface area contributed by atoms with Gasteiger partial charge >= 0.3 is 0 Å². The van der Waals surface area contributed by atoms with Gasteiger partial charge in [-0.2, -0.15) is 5.10 Å². The molecule has 0 radical (unpaired) electrons. The third-order valence-electron chi connectivity index (χ3n) is 7.71. The first-order valence-electron chi connectivity index (χ1n) is 12.7. The first kappa shape index (κ1) is 24.1. The Kier molecular flexibility index (Phi) is 5.91. The van der Waals surface area contributed by atoms with Crippen LogP contribution in [0, 0.1) is 0 Å². The first-order valence-corrected chi connectivity index (χ1v) is 13.9. The zero-order valence-corrected chi connectivity index (χ0v) is 22.9. The zero-order valence-electron chi connectivity index (χ0n) is 20.6. The maximum absolute atomic E-state index is 6.78. The lowest BCUT2D eigenvalue weighted by molar-refractivity contribution is 0.300. The average molecular weight is 565 g/mol. The minimum Gasteiger partial charge on any atom is -0.489 e. The summed E-state index contributed by atoms with van der Waals surface area (Å²) in [7, 11) is 1.98. The predicted molar refractivity (Wildman–Crippen MR) is 151 cm³/mol. The number of halogens is 3. The molecule has 2 atom stereocenters. The van der Waals surface area contributed by atoms with Gasteiger partial charge in [0.05, 0.1) is 27.3 Å². The van der Waals surface area contributed by atoms with E-state index < -0.39 is 0 Å². The molecule has 0 saturated heterocycles. The Bertz CT molecular complexity index is 1670. The molecular weight excluding hydrogens is 541 g/mol. The van der Waals surface area contributed by atoms with Gasteiger partial charge in [-0.05, 0) is 72.6 Å². The summed E-state index contributed by atoms with van der Waals surface area (Å²) in [6, 6.07) is 18.0. The van der Waals surface area contributed by atoms with Crippen LogP contribution in [0.25, 0.3) is 22.2 Å². The summed E-state index contributed by atoms with van der Waals surface area (Å²) in [5.41, 5.74) is 5.82. The Labute approximate surface area is 235 Å². The molecule has 2 aliphatic carbocycles. The van der Waals surface area contributed by atoms with Crippen LogP contribution in [0.2, 0.25) is 15.1 Å². The van der Waals surface area contributed by atoms with Crippen molar-refractivity contribution < 1.29 is 9.26 Å². The number of nitrogens with zero attached hydrogens (tertiary/aromatic N) is 3. The number of fused-ring (bicyclic) bond motifs is 1. The van der Waals surface area contributed by atoms with Gasteiger partial charge in [0.1, 0.15) is 23.8 Å². The van der Waals surface area contributed by atoms with Gasteiger partial charge in [-0.25, -0.2) is 0 Å². The van der Waals surface area contributed by atoms with Crippen LogP contribution in [-0.4, -0.2) is 14.9 Å². The van der Waals surface area contributed by atoms with Gasteiger partial charge in [-0.15, -0.1) is 0 Å². The summed E-state index contributed by atoms with van der Waals surface area (Å²) in [4.78, 5) is 0. The Balaban J connectivity index is 1.11. The highest BCUT2D eigenvalue weighted by atomic mass is 35.5. The number of hydrogen-bond acceptors (Lipinski definition) is 4. The quantitative estimate of drug-likeness (QED) is 0.198. The third kappa shape index (κ3) is 4.27. The van der Waals surface area contributed by atoms with Crippen LogP contribution in [0.5, 0.6) is 5.75 Å². The fraction of sp³-hybridized carbons (Fsp3) is 0.267. The normalized spacial score (nSPS) is 18.7. The Hall–Kier alpha value is -2.99. The number of benzene rings is 3. The van der Waals surface area contributed by atoms with Crippen LogP contribution >= 0.6 is 34.8 Å². The van der Waals surface area contributed by atoms with Crippen molar-refractivity contribution in [2.75, 3.05) is 0 Å². The lowest BCUT2D eigenvalue weighted by Gasteiger charge is -2.11. The lowest BCUT2D eigenvalue weighted by Crippen LogP contribution is -2.00. The van der Waals surface area contributed by atoms with E-state index in [1.54, 1.807) is 12.1 Å². The Morgan fingerprint density at radius 3 is 2.55 bits per heavy atom. The van der Waals surface area contributed by atoms with Crippen molar-refractivity contribution in [2.24, 2.45) is 7.05 Å². The predicted octanol–water partition coefficient (Wildman–Crippen LogP) is 8.92. The van der Waals surface area contributed by atoms with Gasteiger partial charge < -0.3 is 9.26 Å². The SMILES string of the molecule is Cn1ncc2ccc(C3CC3c3ccc(OCc4c(-c5c(Cl)cccc5Cl)noc4C4CC4)cc3Cl)cc21. The van der Waals surface area contributed by atoms with E-state index in [0.717, 1.165) is 52.1 Å². The van der Waals surface area contributed by atoms with Crippen molar-refractivity contribution in [1.82, 2.24) is 14.9 Å². The first-order chi connectivity index (χ1) is 18.5. The fourth-order valence-corrected chi connectivity index (χ4v) is 6.29. The molecule has 192 valence electrons. The fourth-order valence-electron chi connectivity index (χ4n) is 5.40. The second kappa shape index (κ2) is 9.33. The second-order valence-electron chi connectivity index (χ2n) is 10.3. The highest BCUT2D eigenvalue weighted by Gasteiger charge is 2.41. The topological polar surface area (TPSA) is 53.1 Å². The molecule has 38 heavy (non-hydrogen) atoms. The van der Waals surface area contributed by atoms with Gasteiger partial charge in [0, 0.05) is 28.9 Å². The van der Waals surface area contributed by atoms with E-state index >= 15 is 0 Å². The largest absolute Gasteiger partial charge is 0.489 e. The standard InChI is InChI=1S/C30H24Cl3N3O2/c1-36-27-11-17(7-8-18(27)14-34-36)21-13-22(21)20-10-9-19(12-26(20)33)37-15-23-29(35-38-30(23)16-5-6-16)28-24(31)3-2-4-25(28)32/h2-4,7-12,14,16,21-22H,5-6,13,15H2,1H3. The molecule has 0 amide bonds. The smallest absolute Gasteiger partial charge is 0.147 e.